The SMILES string of the molecule is C[Si](C)(c1cccc(Cl)c1)c1ccccc1CO. The third-order valence-corrected chi connectivity index (χ3v) is 7.23. The molecule has 0 spiro atoms. The summed E-state index contributed by atoms with van der Waals surface area (Å²) in [6.07, 6.45) is 0. The van der Waals surface area contributed by atoms with Crippen LogP contribution in [0.1, 0.15) is 5.56 Å². The lowest BCUT2D eigenvalue weighted by molar-refractivity contribution is 0.283. The van der Waals surface area contributed by atoms with Crippen LogP contribution in [0.4, 0.5) is 0 Å². The second kappa shape index (κ2) is 5.27. The molecule has 94 valence electrons. The first kappa shape index (κ1) is 13.3. The van der Waals surface area contributed by atoms with Gasteiger partial charge in [0.2, 0.25) is 0 Å². The van der Waals surface area contributed by atoms with Crippen LogP contribution >= 0.6 is 11.6 Å². The normalized spacial score (nSPS) is 11.6. The third-order valence-electron chi connectivity index (χ3n) is 3.41. The van der Waals surface area contributed by atoms with Crippen molar-refractivity contribution >= 4 is 30.0 Å². The van der Waals surface area contributed by atoms with E-state index in [1.54, 1.807) is 0 Å². The van der Waals surface area contributed by atoms with Gasteiger partial charge in [0.25, 0.3) is 0 Å². The molecule has 0 atom stereocenters. The lowest BCUT2D eigenvalue weighted by Crippen LogP contribution is -2.54. The van der Waals surface area contributed by atoms with Crippen molar-refractivity contribution in [3.8, 4) is 0 Å². The van der Waals surface area contributed by atoms with E-state index >= 15 is 0 Å². The second-order valence-electron chi connectivity index (χ2n) is 4.95. The summed E-state index contributed by atoms with van der Waals surface area (Å²) < 4.78 is 0. The minimum atomic E-state index is -1.80. The Hall–Kier alpha value is -1.09. The van der Waals surface area contributed by atoms with Crippen LogP contribution < -0.4 is 10.4 Å². The molecule has 2 aromatic rings. The highest BCUT2D eigenvalue weighted by molar-refractivity contribution is 7.00. The molecule has 1 nitrogen and oxygen atoms in total. The zero-order valence-electron chi connectivity index (χ0n) is 10.7. The molecule has 1 N–H and O–H groups in total. The van der Waals surface area contributed by atoms with Crippen LogP contribution in [0.5, 0.6) is 0 Å². The molecule has 0 amide bonds. The molecule has 18 heavy (non-hydrogen) atoms. The van der Waals surface area contributed by atoms with E-state index in [0.29, 0.717) is 0 Å². The van der Waals surface area contributed by atoms with Gasteiger partial charge in [0.15, 0.2) is 0 Å². The number of hydrogen-bond donors (Lipinski definition) is 1. The molecule has 0 aliphatic heterocycles. The number of rotatable bonds is 3. The average Bonchev–Trinajstić information content (AvgIpc) is 2.38. The highest BCUT2D eigenvalue weighted by atomic mass is 35.5. The number of benzene rings is 2. The standard InChI is InChI=1S/C15H17ClOSi/c1-18(2,14-8-5-7-13(16)10-14)15-9-4-3-6-12(15)11-17/h3-10,17H,11H2,1-2H3. The van der Waals surface area contributed by atoms with E-state index in [1.807, 2.05) is 36.4 Å². The van der Waals surface area contributed by atoms with Gasteiger partial charge in [0.05, 0.1) is 6.61 Å². The lowest BCUT2D eigenvalue weighted by atomic mass is 10.2. The van der Waals surface area contributed by atoms with Gasteiger partial charge in [-0.3, -0.25) is 0 Å². The number of hydrogen-bond acceptors (Lipinski definition) is 1. The van der Waals surface area contributed by atoms with Gasteiger partial charge in [-0.05, 0) is 22.9 Å². The lowest BCUT2D eigenvalue weighted by Gasteiger charge is -2.26. The van der Waals surface area contributed by atoms with Crippen molar-refractivity contribution in [1.29, 1.82) is 0 Å². The van der Waals surface area contributed by atoms with Crippen LogP contribution in [0.15, 0.2) is 48.5 Å². The number of aliphatic hydroxyl groups is 1. The zero-order chi connectivity index (χ0) is 13.2. The average molecular weight is 277 g/mol. The fourth-order valence-corrected chi connectivity index (χ4v) is 5.40. The molecule has 0 aliphatic rings. The molecule has 3 heteroatoms. The Kier molecular flexibility index (Phi) is 3.90. The van der Waals surface area contributed by atoms with Crippen LogP contribution in [-0.2, 0) is 6.61 Å². The molecule has 0 unspecified atom stereocenters. The van der Waals surface area contributed by atoms with Gasteiger partial charge in [-0.15, -0.1) is 0 Å². The van der Waals surface area contributed by atoms with Crippen LogP contribution in [-0.4, -0.2) is 13.2 Å². The third kappa shape index (κ3) is 2.51. The van der Waals surface area contributed by atoms with E-state index in [9.17, 15) is 5.11 Å². The second-order valence-corrected chi connectivity index (χ2v) is 9.75. The molecule has 0 saturated heterocycles. The Morgan fingerprint density at radius 1 is 1.06 bits per heavy atom. The summed E-state index contributed by atoms with van der Waals surface area (Å²) in [5.74, 6) is 0. The molecule has 0 bridgehead atoms. The Balaban J connectivity index is 2.54. The minimum absolute atomic E-state index is 0.0904. The highest BCUT2D eigenvalue weighted by Gasteiger charge is 2.28. The van der Waals surface area contributed by atoms with Gasteiger partial charge in [-0.1, -0.05) is 66.3 Å². The Bertz CT molecular complexity index is 552. The van der Waals surface area contributed by atoms with Gasteiger partial charge in [0.1, 0.15) is 8.07 Å². The monoisotopic (exact) mass is 276 g/mol. The Morgan fingerprint density at radius 3 is 2.44 bits per heavy atom. The van der Waals surface area contributed by atoms with Crippen LogP contribution in [0.25, 0.3) is 0 Å². The van der Waals surface area contributed by atoms with Crippen molar-refractivity contribution in [3.05, 3.63) is 59.1 Å². The van der Waals surface area contributed by atoms with Crippen molar-refractivity contribution in [2.24, 2.45) is 0 Å². The van der Waals surface area contributed by atoms with Crippen molar-refractivity contribution in [2.45, 2.75) is 19.7 Å². The van der Waals surface area contributed by atoms with Gasteiger partial charge >= 0.3 is 0 Å². The van der Waals surface area contributed by atoms with Crippen molar-refractivity contribution < 1.29 is 5.11 Å². The largest absolute Gasteiger partial charge is 0.392 e. The van der Waals surface area contributed by atoms with Crippen LogP contribution in [0.3, 0.4) is 0 Å². The molecule has 2 aromatic carbocycles. The molecule has 0 aliphatic carbocycles. The first-order valence-electron chi connectivity index (χ1n) is 6.01. The maximum atomic E-state index is 9.48. The summed E-state index contributed by atoms with van der Waals surface area (Å²) in [4.78, 5) is 0. The number of aliphatic hydroxyl groups excluding tert-OH is 1. The van der Waals surface area contributed by atoms with E-state index in [2.05, 4.69) is 25.2 Å². The smallest absolute Gasteiger partial charge is 0.112 e. The maximum Gasteiger partial charge on any atom is 0.112 e. The van der Waals surface area contributed by atoms with Gasteiger partial charge in [-0.25, -0.2) is 0 Å². The van der Waals surface area contributed by atoms with Gasteiger partial charge in [-0.2, -0.15) is 0 Å². The first-order valence-corrected chi connectivity index (χ1v) is 9.39. The van der Waals surface area contributed by atoms with E-state index < -0.39 is 8.07 Å². The summed E-state index contributed by atoms with van der Waals surface area (Å²) >= 11 is 6.08. The Labute approximate surface area is 114 Å². The molecule has 0 radical (unpaired) electrons. The van der Waals surface area contributed by atoms with E-state index in [1.165, 1.54) is 10.4 Å². The zero-order valence-corrected chi connectivity index (χ0v) is 12.4. The van der Waals surface area contributed by atoms with E-state index in [-0.39, 0.29) is 6.61 Å². The Morgan fingerprint density at radius 2 is 1.78 bits per heavy atom. The predicted molar refractivity (Wildman–Crippen MR) is 80.6 cm³/mol. The predicted octanol–water partition coefficient (Wildman–Crippen LogP) is 2.65. The summed E-state index contributed by atoms with van der Waals surface area (Å²) in [6, 6.07) is 16.2. The molecule has 0 heterocycles. The fourth-order valence-electron chi connectivity index (χ4n) is 2.30. The van der Waals surface area contributed by atoms with Crippen LogP contribution in [0, 0.1) is 0 Å². The van der Waals surface area contributed by atoms with Crippen molar-refractivity contribution in [3.63, 3.8) is 0 Å². The summed E-state index contributed by atoms with van der Waals surface area (Å²) in [5, 5.41) is 12.8. The molecular weight excluding hydrogens is 260 g/mol. The number of halogens is 1. The molecule has 0 aromatic heterocycles. The summed E-state index contributed by atoms with van der Waals surface area (Å²) in [6.45, 7) is 4.66. The molecule has 2 rings (SSSR count). The molecular formula is C15H17ClOSi. The minimum Gasteiger partial charge on any atom is -0.392 e. The fraction of sp³-hybridized carbons (Fsp3) is 0.200. The van der Waals surface area contributed by atoms with Crippen LogP contribution in [0.2, 0.25) is 18.1 Å². The van der Waals surface area contributed by atoms with E-state index in [0.717, 1.165) is 10.6 Å². The van der Waals surface area contributed by atoms with Crippen molar-refractivity contribution in [1.82, 2.24) is 0 Å². The summed E-state index contributed by atoms with van der Waals surface area (Å²) in [7, 11) is -1.80. The molecule has 0 saturated carbocycles. The summed E-state index contributed by atoms with van der Waals surface area (Å²) in [5.41, 5.74) is 1.02. The van der Waals surface area contributed by atoms with Crippen molar-refractivity contribution in [2.75, 3.05) is 0 Å². The quantitative estimate of drug-likeness (QED) is 0.855. The van der Waals surface area contributed by atoms with Gasteiger partial charge < -0.3 is 5.11 Å². The first-order chi connectivity index (χ1) is 8.55. The van der Waals surface area contributed by atoms with E-state index in [4.69, 9.17) is 11.6 Å². The topological polar surface area (TPSA) is 20.2 Å². The van der Waals surface area contributed by atoms with Gasteiger partial charge in [0, 0.05) is 5.02 Å². The maximum absolute atomic E-state index is 9.48. The highest BCUT2D eigenvalue weighted by Crippen LogP contribution is 2.12. The molecule has 0 fully saturated rings.